The summed E-state index contributed by atoms with van der Waals surface area (Å²) in [5, 5.41) is 4.56. The molecule has 0 radical (unpaired) electrons. The number of amides is 1. The van der Waals surface area contributed by atoms with Gasteiger partial charge in [-0.2, -0.15) is 0 Å². The highest BCUT2D eigenvalue weighted by Crippen LogP contribution is 2.41. The van der Waals surface area contributed by atoms with Crippen molar-refractivity contribution in [1.29, 1.82) is 0 Å². The normalized spacial score (nSPS) is 14.4. The zero-order chi connectivity index (χ0) is 19.7. The fraction of sp³-hybridized carbons (Fsp3) is 0.190. The third-order valence-electron chi connectivity index (χ3n) is 4.80. The molecule has 0 aliphatic carbocycles. The van der Waals surface area contributed by atoms with E-state index >= 15 is 0 Å². The van der Waals surface area contributed by atoms with Gasteiger partial charge in [-0.05, 0) is 48.4 Å². The zero-order valence-electron chi connectivity index (χ0n) is 15.4. The summed E-state index contributed by atoms with van der Waals surface area (Å²) in [5.74, 6) is -0.120. The van der Waals surface area contributed by atoms with Gasteiger partial charge < -0.3 is 5.32 Å². The van der Waals surface area contributed by atoms with Gasteiger partial charge >= 0.3 is 0 Å². The summed E-state index contributed by atoms with van der Waals surface area (Å²) in [4.78, 5) is 13.7. The number of hydrogen-bond acceptors (Lipinski definition) is 4. The Morgan fingerprint density at radius 3 is 2.61 bits per heavy atom. The van der Waals surface area contributed by atoms with E-state index in [1.165, 1.54) is 4.31 Å². The molecule has 0 saturated heterocycles. The van der Waals surface area contributed by atoms with Crippen LogP contribution < -0.4 is 9.62 Å². The first kappa shape index (κ1) is 18.8. The lowest BCUT2D eigenvalue weighted by molar-refractivity contribution is -0.116. The van der Waals surface area contributed by atoms with Crippen LogP contribution in [-0.4, -0.2) is 27.1 Å². The Kier molecular flexibility index (Phi) is 5.03. The second-order valence-electron chi connectivity index (χ2n) is 6.59. The van der Waals surface area contributed by atoms with E-state index in [4.69, 9.17) is 0 Å². The molecule has 0 unspecified atom stereocenters. The molecule has 1 N–H and O–H groups in total. The van der Waals surface area contributed by atoms with Crippen molar-refractivity contribution in [3.8, 4) is 0 Å². The molecule has 0 spiro atoms. The van der Waals surface area contributed by atoms with Crippen LogP contribution in [0, 0.1) is 0 Å². The van der Waals surface area contributed by atoms with Crippen molar-refractivity contribution >= 4 is 49.8 Å². The summed E-state index contributed by atoms with van der Waals surface area (Å²) in [6.07, 6.45) is 2.68. The number of carbonyl (C=O) groups excluding carboxylic acids is 1. The van der Waals surface area contributed by atoms with Crippen LogP contribution in [0.5, 0.6) is 0 Å². The molecule has 1 heterocycles. The van der Waals surface area contributed by atoms with Crippen molar-refractivity contribution in [2.45, 2.75) is 22.6 Å². The third-order valence-corrected chi connectivity index (χ3v) is 7.38. The molecule has 0 fully saturated rings. The molecule has 3 aromatic rings. The van der Waals surface area contributed by atoms with Crippen LogP contribution in [0.15, 0.2) is 70.5 Å². The van der Waals surface area contributed by atoms with E-state index in [-0.39, 0.29) is 18.9 Å². The molecule has 1 amide bonds. The van der Waals surface area contributed by atoms with Crippen LogP contribution >= 0.6 is 11.8 Å². The van der Waals surface area contributed by atoms with Crippen molar-refractivity contribution in [3.63, 3.8) is 0 Å². The summed E-state index contributed by atoms with van der Waals surface area (Å²) in [7, 11) is -3.57. The molecule has 3 aromatic carbocycles. The SMILES string of the molecule is CSc1cccc(NC(=O)CCCN2c3cccc4cccc(c34)S2(=O)=O)c1. The fourth-order valence-electron chi connectivity index (χ4n) is 3.51. The number of thioether (sulfide) groups is 1. The van der Waals surface area contributed by atoms with Crippen LogP contribution in [0.4, 0.5) is 11.4 Å². The molecular formula is C21H20N2O3S2. The van der Waals surface area contributed by atoms with E-state index in [1.807, 2.05) is 54.8 Å². The number of sulfonamides is 1. The summed E-state index contributed by atoms with van der Waals surface area (Å²) in [6.45, 7) is 0.272. The number of nitrogens with zero attached hydrogens (tertiary/aromatic N) is 1. The predicted octanol–water partition coefficient (Wildman–Crippen LogP) is 4.49. The monoisotopic (exact) mass is 412 g/mol. The van der Waals surface area contributed by atoms with Gasteiger partial charge in [0, 0.05) is 28.9 Å². The van der Waals surface area contributed by atoms with E-state index in [1.54, 1.807) is 23.9 Å². The molecule has 7 heteroatoms. The molecule has 1 aliphatic heterocycles. The highest BCUT2D eigenvalue weighted by atomic mass is 32.2. The molecule has 0 bridgehead atoms. The molecule has 5 nitrogen and oxygen atoms in total. The van der Waals surface area contributed by atoms with Crippen molar-refractivity contribution in [2.24, 2.45) is 0 Å². The van der Waals surface area contributed by atoms with Gasteiger partial charge in [-0.3, -0.25) is 9.10 Å². The maximum Gasteiger partial charge on any atom is 0.265 e. The lowest BCUT2D eigenvalue weighted by Gasteiger charge is -2.18. The van der Waals surface area contributed by atoms with Crippen molar-refractivity contribution < 1.29 is 13.2 Å². The summed E-state index contributed by atoms with van der Waals surface area (Å²) < 4.78 is 27.3. The lowest BCUT2D eigenvalue weighted by atomic mass is 10.1. The molecule has 0 aromatic heterocycles. The van der Waals surface area contributed by atoms with E-state index < -0.39 is 10.0 Å². The third kappa shape index (κ3) is 3.36. The van der Waals surface area contributed by atoms with Gasteiger partial charge in [0.05, 0.1) is 10.6 Å². The minimum absolute atomic E-state index is 0.120. The van der Waals surface area contributed by atoms with Gasteiger partial charge in [0.15, 0.2) is 0 Å². The summed E-state index contributed by atoms with van der Waals surface area (Å²) in [5.41, 5.74) is 1.45. The van der Waals surface area contributed by atoms with Crippen molar-refractivity contribution in [1.82, 2.24) is 0 Å². The van der Waals surface area contributed by atoms with E-state index in [0.717, 1.165) is 21.4 Å². The number of carbonyl (C=O) groups is 1. The maximum absolute atomic E-state index is 12.9. The lowest BCUT2D eigenvalue weighted by Crippen LogP contribution is -2.28. The topological polar surface area (TPSA) is 66.5 Å². The highest BCUT2D eigenvalue weighted by Gasteiger charge is 2.34. The Balaban J connectivity index is 1.44. The molecule has 144 valence electrons. The first-order valence-electron chi connectivity index (χ1n) is 8.99. The zero-order valence-corrected chi connectivity index (χ0v) is 17.0. The summed E-state index contributed by atoms with van der Waals surface area (Å²) >= 11 is 1.61. The van der Waals surface area contributed by atoms with Crippen LogP contribution in [0.2, 0.25) is 0 Å². The van der Waals surface area contributed by atoms with Gasteiger partial charge in [0.1, 0.15) is 0 Å². The average molecular weight is 413 g/mol. The highest BCUT2D eigenvalue weighted by molar-refractivity contribution is 7.98. The van der Waals surface area contributed by atoms with E-state index in [0.29, 0.717) is 17.0 Å². The number of nitrogens with one attached hydrogen (secondary N) is 1. The largest absolute Gasteiger partial charge is 0.326 e. The van der Waals surface area contributed by atoms with Gasteiger partial charge in [0.25, 0.3) is 10.0 Å². The molecule has 1 aliphatic rings. The van der Waals surface area contributed by atoms with Crippen LogP contribution in [0.3, 0.4) is 0 Å². The van der Waals surface area contributed by atoms with Gasteiger partial charge in [-0.1, -0.05) is 30.3 Å². The molecule has 0 atom stereocenters. The van der Waals surface area contributed by atoms with Gasteiger partial charge in [-0.25, -0.2) is 8.42 Å². The predicted molar refractivity (Wildman–Crippen MR) is 115 cm³/mol. The first-order valence-corrected chi connectivity index (χ1v) is 11.7. The fourth-order valence-corrected chi connectivity index (χ4v) is 5.71. The van der Waals surface area contributed by atoms with Crippen molar-refractivity contribution in [2.75, 3.05) is 22.4 Å². The Labute approximate surface area is 168 Å². The van der Waals surface area contributed by atoms with Crippen LogP contribution in [0.1, 0.15) is 12.8 Å². The Bertz CT molecular complexity index is 1150. The standard InChI is InChI=1S/C21H20N2O3S2/c1-27-17-9-4-8-16(14-17)22-20(24)12-5-13-23-18-10-2-6-15-7-3-11-19(21(15)18)28(23,25)26/h2-4,6-11,14H,5,12-13H2,1H3,(H,22,24). The number of benzene rings is 3. The van der Waals surface area contributed by atoms with Gasteiger partial charge in [0.2, 0.25) is 5.91 Å². The maximum atomic E-state index is 12.9. The van der Waals surface area contributed by atoms with Gasteiger partial charge in [-0.15, -0.1) is 11.8 Å². The minimum atomic E-state index is -3.57. The Morgan fingerprint density at radius 1 is 1.07 bits per heavy atom. The summed E-state index contributed by atoms with van der Waals surface area (Å²) in [6, 6.07) is 18.6. The Hall–Kier alpha value is -2.51. The molecular weight excluding hydrogens is 392 g/mol. The van der Waals surface area contributed by atoms with Crippen molar-refractivity contribution in [3.05, 3.63) is 60.7 Å². The number of rotatable bonds is 6. The second-order valence-corrected chi connectivity index (χ2v) is 9.30. The second kappa shape index (κ2) is 7.48. The molecule has 28 heavy (non-hydrogen) atoms. The number of hydrogen-bond donors (Lipinski definition) is 1. The smallest absolute Gasteiger partial charge is 0.265 e. The minimum Gasteiger partial charge on any atom is -0.326 e. The quantitative estimate of drug-likeness (QED) is 0.606. The van der Waals surface area contributed by atoms with Crippen LogP contribution in [0.25, 0.3) is 10.8 Å². The molecule has 4 rings (SSSR count). The number of anilines is 2. The Morgan fingerprint density at radius 2 is 1.82 bits per heavy atom. The first-order chi connectivity index (χ1) is 13.5. The molecule has 0 saturated carbocycles. The van der Waals surface area contributed by atoms with Crippen LogP contribution in [-0.2, 0) is 14.8 Å². The van der Waals surface area contributed by atoms with E-state index in [2.05, 4.69) is 5.32 Å². The average Bonchev–Trinajstić information content (AvgIpc) is 2.91. The van der Waals surface area contributed by atoms with E-state index in [9.17, 15) is 13.2 Å².